The molecule has 0 spiro atoms. The topological polar surface area (TPSA) is 50.2 Å². The van der Waals surface area contributed by atoms with Gasteiger partial charge in [-0.15, -0.1) is 0 Å². The zero-order valence-electron chi connectivity index (χ0n) is 13.7. The lowest BCUT2D eigenvalue weighted by Gasteiger charge is -2.06. The number of H-pyrrole nitrogens is 1. The molecule has 2 heterocycles. The number of halogens is 3. The van der Waals surface area contributed by atoms with Crippen LogP contribution in [0.15, 0.2) is 81.4 Å². The highest BCUT2D eigenvalue weighted by Gasteiger charge is 2.34. The van der Waals surface area contributed by atoms with Gasteiger partial charge in [-0.2, -0.15) is 13.2 Å². The molecule has 2 aromatic carbocycles. The molecule has 0 bridgehead atoms. The van der Waals surface area contributed by atoms with E-state index >= 15 is 0 Å². The van der Waals surface area contributed by atoms with Gasteiger partial charge in [0, 0.05) is 27.6 Å². The van der Waals surface area contributed by atoms with Crippen molar-refractivity contribution in [3.05, 3.63) is 82.9 Å². The number of nitrogens with zero attached hydrogens (tertiary/aromatic N) is 2. The molecule has 0 aliphatic heterocycles. The second-order valence-electron chi connectivity index (χ2n) is 5.76. The van der Waals surface area contributed by atoms with Crippen LogP contribution in [0.2, 0.25) is 0 Å². The van der Waals surface area contributed by atoms with Crippen LogP contribution >= 0.6 is 11.8 Å². The van der Waals surface area contributed by atoms with Gasteiger partial charge in [0.2, 0.25) is 0 Å². The van der Waals surface area contributed by atoms with Crippen LogP contribution in [0.1, 0.15) is 5.69 Å². The van der Waals surface area contributed by atoms with E-state index in [2.05, 4.69) is 10.1 Å². The van der Waals surface area contributed by atoms with Gasteiger partial charge < -0.3 is 0 Å². The molecule has 1 N–H and O–H groups in total. The third-order valence-electron chi connectivity index (χ3n) is 3.93. The predicted molar refractivity (Wildman–Crippen MR) is 96.8 cm³/mol. The number of hydrogen-bond acceptors (Lipinski definition) is 3. The van der Waals surface area contributed by atoms with Crippen molar-refractivity contribution in [2.24, 2.45) is 0 Å². The van der Waals surface area contributed by atoms with E-state index < -0.39 is 17.4 Å². The first kappa shape index (κ1) is 17.4. The maximum atomic E-state index is 13.0. The Kier molecular flexibility index (Phi) is 4.27. The molecule has 0 fully saturated rings. The normalized spacial score (nSPS) is 11.8. The quantitative estimate of drug-likeness (QED) is 0.546. The Morgan fingerprint density at radius 1 is 0.963 bits per heavy atom. The molecule has 0 unspecified atom stereocenters. The van der Waals surface area contributed by atoms with Crippen LogP contribution in [0.3, 0.4) is 0 Å². The minimum absolute atomic E-state index is 0.0571. The minimum Gasteiger partial charge on any atom is -0.296 e. The third-order valence-corrected chi connectivity index (χ3v) is 4.95. The average Bonchev–Trinajstić information content (AvgIpc) is 3.07. The van der Waals surface area contributed by atoms with Gasteiger partial charge in [-0.1, -0.05) is 42.1 Å². The van der Waals surface area contributed by atoms with E-state index in [1.807, 2.05) is 42.5 Å². The average molecular weight is 387 g/mol. The van der Waals surface area contributed by atoms with E-state index in [1.54, 1.807) is 23.9 Å². The van der Waals surface area contributed by atoms with Crippen LogP contribution in [-0.2, 0) is 6.18 Å². The van der Waals surface area contributed by atoms with E-state index in [9.17, 15) is 18.0 Å². The Hall–Kier alpha value is -3.00. The molecule has 0 saturated carbocycles. The minimum atomic E-state index is -4.68. The Bertz CT molecular complexity index is 1150. The number of nitrogens with one attached hydrogen (secondary N) is 1. The molecular formula is C19H12F3N3OS. The van der Waals surface area contributed by atoms with Crippen molar-refractivity contribution in [1.82, 2.24) is 14.6 Å². The van der Waals surface area contributed by atoms with Gasteiger partial charge in [-0.05, 0) is 29.8 Å². The molecule has 136 valence electrons. The molecule has 0 saturated heterocycles. The van der Waals surface area contributed by atoms with E-state index in [-0.39, 0.29) is 5.65 Å². The number of aromatic nitrogens is 3. The fraction of sp³-hybridized carbons (Fsp3) is 0.0526. The number of rotatable bonds is 3. The Morgan fingerprint density at radius 2 is 1.63 bits per heavy atom. The maximum absolute atomic E-state index is 13.0. The number of fused-ring (bicyclic) bond motifs is 1. The number of alkyl halides is 3. The van der Waals surface area contributed by atoms with Gasteiger partial charge in [-0.25, -0.2) is 9.50 Å². The van der Waals surface area contributed by atoms with Crippen molar-refractivity contribution < 1.29 is 13.2 Å². The van der Waals surface area contributed by atoms with E-state index in [1.165, 1.54) is 6.20 Å². The van der Waals surface area contributed by atoms with Crippen molar-refractivity contribution in [1.29, 1.82) is 0 Å². The van der Waals surface area contributed by atoms with Gasteiger partial charge in [0.1, 0.15) is 0 Å². The number of hydrogen-bond donors (Lipinski definition) is 1. The van der Waals surface area contributed by atoms with Crippen molar-refractivity contribution in [2.75, 3.05) is 0 Å². The van der Waals surface area contributed by atoms with Gasteiger partial charge in [-0.3, -0.25) is 9.89 Å². The van der Waals surface area contributed by atoms with Crippen molar-refractivity contribution in [3.63, 3.8) is 0 Å². The van der Waals surface area contributed by atoms with Crippen LogP contribution in [0.25, 0.3) is 16.8 Å². The SMILES string of the molecule is O=c1cc(C(F)(F)F)nc2c(-c3ccc(Sc4ccccc4)cc3)c[nH]n12. The maximum Gasteiger partial charge on any atom is 0.433 e. The number of aromatic amines is 1. The van der Waals surface area contributed by atoms with Crippen LogP contribution < -0.4 is 5.56 Å². The van der Waals surface area contributed by atoms with Crippen molar-refractivity contribution >= 4 is 17.4 Å². The summed E-state index contributed by atoms with van der Waals surface area (Å²) >= 11 is 1.58. The Morgan fingerprint density at radius 3 is 2.30 bits per heavy atom. The van der Waals surface area contributed by atoms with E-state index in [0.29, 0.717) is 17.2 Å². The first-order valence-electron chi connectivity index (χ1n) is 7.93. The summed E-state index contributed by atoms with van der Waals surface area (Å²) in [6.07, 6.45) is -3.21. The van der Waals surface area contributed by atoms with Gasteiger partial charge in [0.25, 0.3) is 5.56 Å². The van der Waals surface area contributed by atoms with E-state index in [4.69, 9.17) is 0 Å². The number of benzene rings is 2. The predicted octanol–water partition coefficient (Wildman–Crippen LogP) is 4.86. The molecule has 8 heteroatoms. The first-order valence-corrected chi connectivity index (χ1v) is 8.75. The highest BCUT2D eigenvalue weighted by Crippen LogP contribution is 2.32. The molecule has 0 aliphatic rings. The monoisotopic (exact) mass is 387 g/mol. The molecule has 0 amide bonds. The van der Waals surface area contributed by atoms with E-state index in [0.717, 1.165) is 14.3 Å². The zero-order chi connectivity index (χ0) is 19.0. The summed E-state index contributed by atoms with van der Waals surface area (Å²) in [4.78, 5) is 17.6. The second kappa shape index (κ2) is 6.62. The van der Waals surface area contributed by atoms with Gasteiger partial charge >= 0.3 is 6.18 Å². The lowest BCUT2D eigenvalue weighted by molar-refractivity contribution is -0.141. The third kappa shape index (κ3) is 3.48. The lowest BCUT2D eigenvalue weighted by Crippen LogP contribution is -2.19. The summed E-state index contributed by atoms with van der Waals surface area (Å²) in [5.41, 5.74) is -0.982. The molecular weight excluding hydrogens is 375 g/mol. The summed E-state index contributed by atoms with van der Waals surface area (Å²) in [7, 11) is 0. The van der Waals surface area contributed by atoms with Crippen LogP contribution in [0.5, 0.6) is 0 Å². The molecule has 4 aromatic rings. The Balaban J connectivity index is 1.72. The molecule has 4 nitrogen and oxygen atoms in total. The fourth-order valence-electron chi connectivity index (χ4n) is 2.67. The molecule has 4 rings (SSSR count). The lowest BCUT2D eigenvalue weighted by atomic mass is 10.1. The summed E-state index contributed by atoms with van der Waals surface area (Å²) in [5, 5.41) is 2.66. The van der Waals surface area contributed by atoms with Gasteiger partial charge in [0.15, 0.2) is 11.3 Å². The fourth-order valence-corrected chi connectivity index (χ4v) is 3.50. The van der Waals surface area contributed by atoms with Crippen molar-refractivity contribution in [3.8, 4) is 11.1 Å². The first-order chi connectivity index (χ1) is 12.9. The highest BCUT2D eigenvalue weighted by molar-refractivity contribution is 7.99. The standard InChI is InChI=1S/C19H12F3N3OS/c20-19(21,22)16-10-17(26)25-18(24-16)15(11-23-25)12-6-8-14(9-7-12)27-13-4-2-1-3-5-13/h1-11,23H. The summed E-state index contributed by atoms with van der Waals surface area (Å²) in [6.45, 7) is 0. The molecule has 27 heavy (non-hydrogen) atoms. The molecule has 0 atom stereocenters. The van der Waals surface area contributed by atoms with Crippen molar-refractivity contribution in [2.45, 2.75) is 16.0 Å². The summed E-state index contributed by atoms with van der Waals surface area (Å²) in [5.74, 6) is 0. The molecule has 0 radical (unpaired) electrons. The van der Waals surface area contributed by atoms with Crippen LogP contribution in [-0.4, -0.2) is 14.6 Å². The summed E-state index contributed by atoms with van der Waals surface area (Å²) in [6, 6.07) is 17.6. The molecule has 2 aromatic heterocycles. The van der Waals surface area contributed by atoms with Crippen LogP contribution in [0, 0.1) is 0 Å². The highest BCUT2D eigenvalue weighted by atomic mass is 32.2. The van der Waals surface area contributed by atoms with Gasteiger partial charge in [0.05, 0.1) is 0 Å². The largest absolute Gasteiger partial charge is 0.433 e. The smallest absolute Gasteiger partial charge is 0.296 e. The summed E-state index contributed by atoms with van der Waals surface area (Å²) < 4.78 is 39.9. The van der Waals surface area contributed by atoms with Crippen LogP contribution in [0.4, 0.5) is 13.2 Å². The molecule has 0 aliphatic carbocycles. The second-order valence-corrected chi connectivity index (χ2v) is 6.91. The Labute approximate surface area is 155 Å². The zero-order valence-corrected chi connectivity index (χ0v) is 14.5.